The number of carbonyl (C=O) groups excluding carboxylic acids is 1. The van der Waals surface area contributed by atoms with E-state index in [1.807, 2.05) is 19.9 Å². The van der Waals surface area contributed by atoms with Crippen LogP contribution in [0, 0.1) is 20.8 Å². The van der Waals surface area contributed by atoms with Gasteiger partial charge in [0.05, 0.1) is 16.3 Å². The fourth-order valence-electron chi connectivity index (χ4n) is 1.91. The number of hydrogen-bond donors (Lipinski definition) is 1. The quantitative estimate of drug-likeness (QED) is 0.845. The van der Waals surface area contributed by atoms with Crippen LogP contribution in [0.4, 0.5) is 5.69 Å². The van der Waals surface area contributed by atoms with Crippen molar-refractivity contribution in [1.29, 1.82) is 0 Å². The monoisotopic (exact) mass is 341 g/mol. The Bertz CT molecular complexity index is 649. The van der Waals surface area contributed by atoms with E-state index in [9.17, 15) is 4.79 Å². The molecule has 0 aliphatic rings. The van der Waals surface area contributed by atoms with Gasteiger partial charge >= 0.3 is 0 Å². The van der Waals surface area contributed by atoms with Gasteiger partial charge in [0.1, 0.15) is 11.5 Å². The molecule has 1 N–H and O–H groups in total. The van der Waals surface area contributed by atoms with Gasteiger partial charge in [-0.15, -0.1) is 0 Å². The third-order valence-corrected chi connectivity index (χ3v) is 3.79. The lowest BCUT2D eigenvalue weighted by molar-refractivity contribution is 0.102. The Balaban J connectivity index is 2.33. The molecule has 1 aromatic heterocycles. The highest BCUT2D eigenvalue weighted by molar-refractivity contribution is 9.10. The largest absolute Gasteiger partial charge is 0.466 e. The van der Waals surface area contributed by atoms with Gasteiger partial charge < -0.3 is 9.73 Å². The van der Waals surface area contributed by atoms with E-state index < -0.39 is 0 Å². The van der Waals surface area contributed by atoms with Crippen molar-refractivity contribution < 1.29 is 9.21 Å². The molecule has 2 rings (SSSR count). The third-order valence-electron chi connectivity index (χ3n) is 2.97. The van der Waals surface area contributed by atoms with Crippen LogP contribution in [0.15, 0.2) is 27.1 Å². The van der Waals surface area contributed by atoms with E-state index in [0.717, 1.165) is 15.8 Å². The van der Waals surface area contributed by atoms with Crippen molar-refractivity contribution in [3.05, 3.63) is 50.3 Å². The minimum atomic E-state index is -0.216. The molecule has 0 aliphatic heterocycles. The molecule has 0 atom stereocenters. The lowest BCUT2D eigenvalue weighted by Gasteiger charge is -2.08. The average Bonchev–Trinajstić information content (AvgIpc) is 2.58. The minimum absolute atomic E-state index is 0.216. The molecular weight excluding hydrogens is 330 g/mol. The first-order valence-electron chi connectivity index (χ1n) is 5.73. The van der Waals surface area contributed by atoms with Crippen LogP contribution in [-0.2, 0) is 0 Å². The van der Waals surface area contributed by atoms with Crippen molar-refractivity contribution in [2.75, 3.05) is 5.32 Å². The number of halogens is 2. The van der Waals surface area contributed by atoms with E-state index in [1.165, 1.54) is 0 Å². The molecule has 19 heavy (non-hydrogen) atoms. The molecule has 0 radical (unpaired) electrons. The van der Waals surface area contributed by atoms with Gasteiger partial charge in [0.25, 0.3) is 5.91 Å². The van der Waals surface area contributed by atoms with Gasteiger partial charge in [0.2, 0.25) is 0 Å². The second kappa shape index (κ2) is 5.39. The lowest BCUT2D eigenvalue weighted by atomic mass is 10.1. The molecule has 0 unspecified atom stereocenters. The summed E-state index contributed by atoms with van der Waals surface area (Å²) in [7, 11) is 0. The van der Waals surface area contributed by atoms with Crippen molar-refractivity contribution in [2.45, 2.75) is 20.8 Å². The Labute approximate surface area is 125 Å². The molecule has 3 nitrogen and oxygen atoms in total. The first kappa shape index (κ1) is 14.2. The molecule has 0 saturated carbocycles. The zero-order chi connectivity index (χ0) is 14.2. The summed E-state index contributed by atoms with van der Waals surface area (Å²) >= 11 is 9.40. The summed E-state index contributed by atoms with van der Waals surface area (Å²) in [6.45, 7) is 5.48. The van der Waals surface area contributed by atoms with Crippen LogP contribution in [0.1, 0.15) is 27.4 Å². The van der Waals surface area contributed by atoms with Crippen molar-refractivity contribution in [2.24, 2.45) is 0 Å². The molecule has 1 heterocycles. The summed E-state index contributed by atoms with van der Waals surface area (Å²) in [6, 6.07) is 5.30. The molecule has 1 amide bonds. The van der Waals surface area contributed by atoms with Crippen molar-refractivity contribution in [3.8, 4) is 0 Å². The van der Waals surface area contributed by atoms with Gasteiger partial charge in [0.15, 0.2) is 0 Å². The normalized spacial score (nSPS) is 10.6. The van der Waals surface area contributed by atoms with E-state index in [1.54, 1.807) is 19.1 Å². The van der Waals surface area contributed by atoms with Gasteiger partial charge in [0, 0.05) is 10.0 Å². The van der Waals surface area contributed by atoms with Crippen LogP contribution in [0.3, 0.4) is 0 Å². The second-order valence-corrected chi connectivity index (χ2v) is 5.62. The maximum absolute atomic E-state index is 12.3. The molecule has 0 fully saturated rings. The minimum Gasteiger partial charge on any atom is -0.466 e. The van der Waals surface area contributed by atoms with E-state index >= 15 is 0 Å². The third kappa shape index (κ3) is 2.85. The Morgan fingerprint density at radius 3 is 2.53 bits per heavy atom. The van der Waals surface area contributed by atoms with Crippen LogP contribution >= 0.6 is 27.5 Å². The van der Waals surface area contributed by atoms with Crippen LogP contribution < -0.4 is 5.32 Å². The number of benzene rings is 1. The SMILES string of the molecule is Cc1oc(C)c(C(=O)Nc2cc(Br)ccc2Cl)c1C. The van der Waals surface area contributed by atoms with Crippen LogP contribution in [0.25, 0.3) is 0 Å². The zero-order valence-electron chi connectivity index (χ0n) is 10.8. The van der Waals surface area contributed by atoms with Crippen molar-refractivity contribution >= 4 is 39.1 Å². The van der Waals surface area contributed by atoms with Gasteiger partial charge in [-0.2, -0.15) is 0 Å². The van der Waals surface area contributed by atoms with Crippen molar-refractivity contribution in [3.63, 3.8) is 0 Å². The molecule has 0 spiro atoms. The van der Waals surface area contributed by atoms with Gasteiger partial charge in [-0.05, 0) is 39.0 Å². The van der Waals surface area contributed by atoms with Gasteiger partial charge in [-0.3, -0.25) is 4.79 Å². The standard InChI is InChI=1S/C14H13BrClNO2/c1-7-8(2)19-9(3)13(7)14(18)17-12-6-10(15)4-5-11(12)16/h4-6H,1-3H3,(H,17,18). The second-order valence-electron chi connectivity index (χ2n) is 4.29. The van der Waals surface area contributed by atoms with E-state index in [4.69, 9.17) is 16.0 Å². The molecule has 100 valence electrons. The number of furan rings is 1. The zero-order valence-corrected chi connectivity index (χ0v) is 13.1. The van der Waals surface area contributed by atoms with Gasteiger partial charge in [-0.1, -0.05) is 27.5 Å². The highest BCUT2D eigenvalue weighted by Crippen LogP contribution is 2.27. The molecular formula is C14H13BrClNO2. The maximum Gasteiger partial charge on any atom is 0.259 e. The van der Waals surface area contributed by atoms with Crippen LogP contribution in [0.5, 0.6) is 0 Å². The average molecular weight is 343 g/mol. The number of amides is 1. The maximum atomic E-state index is 12.3. The fraction of sp³-hybridized carbons (Fsp3) is 0.214. The fourth-order valence-corrected chi connectivity index (χ4v) is 2.43. The summed E-state index contributed by atoms with van der Waals surface area (Å²) in [5.74, 6) is 1.15. The summed E-state index contributed by atoms with van der Waals surface area (Å²) in [4.78, 5) is 12.3. The molecule has 0 aliphatic carbocycles. The first-order valence-corrected chi connectivity index (χ1v) is 6.90. The summed E-state index contributed by atoms with van der Waals surface area (Å²) in [5.41, 5.74) is 1.98. The Morgan fingerprint density at radius 1 is 1.26 bits per heavy atom. The van der Waals surface area contributed by atoms with E-state index in [2.05, 4.69) is 21.2 Å². The van der Waals surface area contributed by atoms with E-state index in [0.29, 0.717) is 22.0 Å². The number of carbonyl (C=O) groups is 1. The van der Waals surface area contributed by atoms with E-state index in [-0.39, 0.29) is 5.91 Å². The number of nitrogens with one attached hydrogen (secondary N) is 1. The Morgan fingerprint density at radius 2 is 1.95 bits per heavy atom. The summed E-state index contributed by atoms with van der Waals surface area (Å²) in [5, 5.41) is 3.29. The number of hydrogen-bond acceptors (Lipinski definition) is 2. The topological polar surface area (TPSA) is 42.2 Å². The summed E-state index contributed by atoms with van der Waals surface area (Å²) in [6.07, 6.45) is 0. The van der Waals surface area contributed by atoms with Crippen LogP contribution in [-0.4, -0.2) is 5.91 Å². The number of rotatable bonds is 2. The number of anilines is 1. The highest BCUT2D eigenvalue weighted by atomic mass is 79.9. The summed E-state index contributed by atoms with van der Waals surface area (Å²) < 4.78 is 6.31. The predicted octanol–water partition coefficient (Wildman–Crippen LogP) is 4.87. The van der Waals surface area contributed by atoms with Crippen LogP contribution in [0.2, 0.25) is 5.02 Å². The Kier molecular flexibility index (Phi) is 4.02. The smallest absolute Gasteiger partial charge is 0.259 e. The van der Waals surface area contributed by atoms with Gasteiger partial charge in [-0.25, -0.2) is 0 Å². The number of aryl methyl sites for hydroxylation is 2. The predicted molar refractivity (Wildman–Crippen MR) is 80.0 cm³/mol. The molecule has 0 saturated heterocycles. The van der Waals surface area contributed by atoms with Crippen molar-refractivity contribution in [1.82, 2.24) is 0 Å². The molecule has 5 heteroatoms. The Hall–Kier alpha value is -1.26. The molecule has 2 aromatic rings. The lowest BCUT2D eigenvalue weighted by Crippen LogP contribution is -2.13. The highest BCUT2D eigenvalue weighted by Gasteiger charge is 2.19. The molecule has 1 aromatic carbocycles. The first-order chi connectivity index (χ1) is 8.90. The molecule has 0 bridgehead atoms.